The predicted molar refractivity (Wildman–Crippen MR) is 250 cm³/mol. The van der Waals surface area contributed by atoms with Gasteiger partial charge in [0, 0.05) is 73.8 Å². The van der Waals surface area contributed by atoms with Crippen LogP contribution in [-0.2, 0) is 48.1 Å². The number of likely N-dealkylation sites (tertiary alicyclic amines) is 2. The first-order valence-electron chi connectivity index (χ1n) is 23.8. The Balaban J connectivity index is 1.09. The molecular weight excluding hydrogens is 837 g/mol. The van der Waals surface area contributed by atoms with Crippen molar-refractivity contribution in [1.82, 2.24) is 40.4 Å². The quantitative estimate of drug-likeness (QED) is 0.140. The van der Waals surface area contributed by atoms with Crippen molar-refractivity contribution >= 4 is 40.5 Å². The summed E-state index contributed by atoms with van der Waals surface area (Å²) in [4.78, 5) is 78.4. The van der Waals surface area contributed by atoms with E-state index in [1.54, 1.807) is 21.9 Å². The molecule has 2 aromatic heterocycles. The second kappa shape index (κ2) is 17.4. The number of carbonyl (C=O) groups is 5. The molecule has 4 aromatic rings. The molecule has 6 bridgehead atoms. The number of phenolic OH excluding ortho intramolecular Hbond substituents is 1. The van der Waals surface area contributed by atoms with Gasteiger partial charge in [-0.05, 0) is 103 Å². The Bertz CT molecular complexity index is 2590. The Morgan fingerprint density at radius 2 is 1.79 bits per heavy atom. The van der Waals surface area contributed by atoms with Crippen LogP contribution in [0, 0.1) is 16.7 Å². The lowest BCUT2D eigenvalue weighted by molar-refractivity contribution is -0.157. The molecule has 0 radical (unpaired) electrons. The third kappa shape index (κ3) is 8.44. The summed E-state index contributed by atoms with van der Waals surface area (Å²) in [6.07, 6.45) is 3.96. The summed E-state index contributed by atoms with van der Waals surface area (Å²) < 4.78 is 8.46. The highest BCUT2D eigenvalue weighted by Gasteiger charge is 2.59. The number of aryl methyl sites for hydroxylation is 1. The van der Waals surface area contributed by atoms with Crippen LogP contribution in [0.4, 0.5) is 0 Å². The number of aromatic nitrogens is 2. The number of carbonyl (C=O) groups excluding carboxylic acids is 5. The van der Waals surface area contributed by atoms with Crippen LogP contribution in [0.2, 0.25) is 0 Å². The number of aromatic hydroxyl groups is 1. The minimum absolute atomic E-state index is 0.00596. The highest BCUT2D eigenvalue weighted by Crippen LogP contribution is 2.44. The van der Waals surface area contributed by atoms with E-state index >= 15 is 0 Å². The predicted octanol–water partition coefficient (Wildman–Crippen LogP) is 4.92. The number of rotatable bonds is 8. The minimum Gasteiger partial charge on any atom is -0.508 e. The van der Waals surface area contributed by atoms with Crippen LogP contribution in [0.1, 0.15) is 90.5 Å². The van der Waals surface area contributed by atoms with Crippen LogP contribution in [0.25, 0.3) is 33.3 Å². The third-order valence-electron chi connectivity index (χ3n) is 14.3. The SMILES string of the molecule is CCn1c(-c2cccnc2C(C)C)c2c3cc(ccc31)-c1cc(O)cc(c1)C[C@H](NC(=O)[C@H](C(C)C)N1CCC3(CN(C(=O)[C@@H]4CN4)C3)C1=O)C(=O)N1CCC[C@H](N1)C(=O)OCC(C)(C)C2. The zero-order valence-corrected chi connectivity index (χ0v) is 39.3. The second-order valence-corrected chi connectivity index (χ2v) is 20.7. The van der Waals surface area contributed by atoms with Crippen LogP contribution < -0.4 is 16.1 Å². The normalized spacial score (nSPS) is 23.3. The van der Waals surface area contributed by atoms with Gasteiger partial charge in [-0.15, -0.1) is 0 Å². The number of hydrazine groups is 1. The number of nitrogens with zero attached hydrogens (tertiary/aromatic N) is 5. The molecule has 1 spiro atoms. The number of esters is 1. The van der Waals surface area contributed by atoms with Crippen LogP contribution >= 0.6 is 0 Å². The topological polar surface area (TPSA) is 188 Å². The molecule has 4 saturated heterocycles. The van der Waals surface area contributed by atoms with Crippen LogP contribution in [0.5, 0.6) is 5.75 Å². The molecule has 5 aliphatic heterocycles. The lowest BCUT2D eigenvalue weighted by Gasteiger charge is -2.46. The standard InChI is InChI=1S/C51H64N8O7/c1-8-57-41-14-13-32-23-36(41)37(44(57)35-11-9-16-52-42(35)29(2)3)24-50(6,7)28-66-48(64)38-12-10-17-59(55-38)47(63)39(21-31-19-33(32)22-34(60)20-31)54-45(61)43(30(4)5)58-18-15-51(49(58)65)26-56(27-51)46(62)40-25-53-40/h9,11,13-14,16,19-20,22-23,29-30,38-40,43,53,55,60H,8,10,12,15,17-18,21,24-28H2,1-7H3,(H,54,61)/t38-,39-,40-,43-/m0/s1. The molecule has 66 heavy (non-hydrogen) atoms. The van der Waals surface area contributed by atoms with Gasteiger partial charge in [0.15, 0.2) is 0 Å². The monoisotopic (exact) mass is 900 g/mol. The minimum atomic E-state index is -1.13. The van der Waals surface area contributed by atoms with Crippen LogP contribution in [-0.4, -0.2) is 123 Å². The molecule has 9 rings (SSSR count). The van der Waals surface area contributed by atoms with Gasteiger partial charge in [0.2, 0.25) is 17.7 Å². The van der Waals surface area contributed by atoms with Gasteiger partial charge in [-0.3, -0.25) is 34.0 Å². The molecule has 15 nitrogen and oxygen atoms in total. The van der Waals surface area contributed by atoms with Gasteiger partial charge in [-0.1, -0.05) is 53.7 Å². The van der Waals surface area contributed by atoms with Crippen molar-refractivity contribution in [1.29, 1.82) is 0 Å². The Morgan fingerprint density at radius 3 is 2.50 bits per heavy atom. The first-order valence-corrected chi connectivity index (χ1v) is 23.8. The summed E-state index contributed by atoms with van der Waals surface area (Å²) in [5.41, 5.74) is 9.43. The van der Waals surface area contributed by atoms with Crippen molar-refractivity contribution in [2.45, 2.75) is 117 Å². The van der Waals surface area contributed by atoms with E-state index in [1.807, 2.05) is 38.2 Å². The zero-order chi connectivity index (χ0) is 46.8. The fourth-order valence-corrected chi connectivity index (χ4v) is 10.9. The van der Waals surface area contributed by atoms with Crippen LogP contribution in [0.3, 0.4) is 0 Å². The summed E-state index contributed by atoms with van der Waals surface area (Å²) >= 11 is 0. The number of amides is 4. The van der Waals surface area contributed by atoms with Gasteiger partial charge in [0.05, 0.1) is 29.5 Å². The molecule has 350 valence electrons. The molecule has 2 aromatic carbocycles. The van der Waals surface area contributed by atoms with Gasteiger partial charge in [-0.25, -0.2) is 5.43 Å². The van der Waals surface area contributed by atoms with Crippen molar-refractivity contribution in [2.24, 2.45) is 16.7 Å². The number of fused-ring (bicyclic) bond motifs is 6. The van der Waals surface area contributed by atoms with Crippen molar-refractivity contribution in [3.8, 4) is 28.1 Å². The molecule has 0 saturated carbocycles. The molecule has 4 fully saturated rings. The summed E-state index contributed by atoms with van der Waals surface area (Å²) in [7, 11) is 0. The molecule has 4 amide bonds. The lowest BCUT2D eigenvalue weighted by atomic mass is 9.78. The Morgan fingerprint density at radius 1 is 1.02 bits per heavy atom. The van der Waals surface area contributed by atoms with E-state index < -0.39 is 46.7 Å². The van der Waals surface area contributed by atoms with Crippen LogP contribution in [0.15, 0.2) is 54.7 Å². The van der Waals surface area contributed by atoms with Crippen molar-refractivity contribution in [3.05, 3.63) is 71.5 Å². The first kappa shape index (κ1) is 45.4. The molecular formula is C51H64N8O7. The number of pyridine rings is 1. The van der Waals surface area contributed by atoms with E-state index in [4.69, 9.17) is 9.72 Å². The summed E-state index contributed by atoms with van der Waals surface area (Å²) in [6.45, 7) is 17.2. The van der Waals surface area contributed by atoms with Gasteiger partial charge in [0.25, 0.3) is 5.91 Å². The molecule has 0 unspecified atom stereocenters. The highest BCUT2D eigenvalue weighted by atomic mass is 16.5. The van der Waals surface area contributed by atoms with Gasteiger partial charge < -0.3 is 34.8 Å². The molecule has 5 aliphatic rings. The maximum Gasteiger partial charge on any atom is 0.324 e. The zero-order valence-electron chi connectivity index (χ0n) is 39.3. The van der Waals surface area contributed by atoms with E-state index in [0.717, 1.165) is 44.5 Å². The smallest absolute Gasteiger partial charge is 0.324 e. The Hall–Kier alpha value is -5.80. The molecule has 4 N–H and O–H groups in total. The largest absolute Gasteiger partial charge is 0.508 e. The van der Waals surface area contributed by atoms with Crippen molar-refractivity contribution in [2.75, 3.05) is 39.3 Å². The fraction of sp³-hybridized carbons (Fsp3) is 0.529. The molecule has 4 atom stereocenters. The lowest BCUT2D eigenvalue weighted by Crippen LogP contribution is -2.64. The van der Waals surface area contributed by atoms with Gasteiger partial charge in [-0.2, -0.15) is 0 Å². The molecule has 0 aliphatic carbocycles. The number of hydrogen-bond donors (Lipinski definition) is 4. The number of ether oxygens (including phenoxy) is 1. The van der Waals surface area contributed by atoms with E-state index in [-0.39, 0.29) is 48.5 Å². The molecule has 15 heteroatoms. The average Bonchev–Trinajstić information content (AvgIpc) is 4.02. The fourth-order valence-electron chi connectivity index (χ4n) is 10.9. The second-order valence-electron chi connectivity index (χ2n) is 20.7. The van der Waals surface area contributed by atoms with E-state index in [2.05, 4.69) is 73.4 Å². The number of cyclic esters (lactones) is 1. The number of phenols is 1. The number of nitrogens with one attached hydrogen (secondary N) is 3. The van der Waals surface area contributed by atoms with Crippen molar-refractivity contribution in [3.63, 3.8) is 0 Å². The average molecular weight is 901 g/mol. The maximum atomic E-state index is 14.8. The first-order chi connectivity index (χ1) is 31.5. The van der Waals surface area contributed by atoms with E-state index in [0.29, 0.717) is 70.5 Å². The highest BCUT2D eigenvalue weighted by molar-refractivity contribution is 5.97. The Labute approximate surface area is 386 Å². The van der Waals surface area contributed by atoms with E-state index in [9.17, 15) is 29.1 Å². The molecule has 7 heterocycles. The van der Waals surface area contributed by atoms with Crippen molar-refractivity contribution < 1.29 is 33.8 Å². The van der Waals surface area contributed by atoms with Gasteiger partial charge in [0.1, 0.15) is 23.9 Å². The number of hydrogen-bond acceptors (Lipinski definition) is 10. The summed E-state index contributed by atoms with van der Waals surface area (Å²) in [6, 6.07) is 12.7. The Kier molecular flexibility index (Phi) is 12.0. The maximum absolute atomic E-state index is 14.8. The third-order valence-corrected chi connectivity index (χ3v) is 14.3. The van der Waals surface area contributed by atoms with E-state index in [1.165, 1.54) is 5.01 Å². The summed E-state index contributed by atoms with van der Waals surface area (Å²) in [5.74, 6) is -1.64. The summed E-state index contributed by atoms with van der Waals surface area (Å²) in [5, 5.41) is 19.9. The van der Waals surface area contributed by atoms with Gasteiger partial charge >= 0.3 is 5.97 Å². The number of benzene rings is 2.